The number of nitrogens with one attached hydrogen (secondary N) is 1. The summed E-state index contributed by atoms with van der Waals surface area (Å²) in [4.78, 5) is 17.2. The zero-order valence-corrected chi connectivity index (χ0v) is 21.3. The molecule has 4 rings (SSSR count). The van der Waals surface area contributed by atoms with Gasteiger partial charge in [-0.15, -0.1) is 13.2 Å². The van der Waals surface area contributed by atoms with Gasteiger partial charge in [-0.25, -0.2) is 9.78 Å². The number of halogens is 4. The summed E-state index contributed by atoms with van der Waals surface area (Å²) < 4.78 is 48.8. The molecule has 1 fully saturated rings. The molecule has 0 amide bonds. The van der Waals surface area contributed by atoms with E-state index in [4.69, 9.17) is 21.3 Å². The van der Waals surface area contributed by atoms with Crippen molar-refractivity contribution in [3.05, 3.63) is 47.0 Å². The minimum Gasteiger partial charge on any atom is -0.462 e. The number of anilines is 2. The topological polar surface area (TPSA) is 65.4 Å². The standard InChI is InChI=1S/C26H29ClF3N3O3/c1-5-35-23(34)19-11-21-22(12-20(19)27)33(17-10-15(2)13-25(3,4)14-17)24(32-21)31-16-6-8-18(9-7-16)36-26(28,29)30/h6-9,11-12,15,17H,5,10,13-14H2,1-4H3,(H,31,32). The number of aromatic nitrogens is 2. The normalized spacial score (nSPS) is 19.8. The lowest BCUT2D eigenvalue weighted by atomic mass is 9.70. The molecule has 0 saturated heterocycles. The van der Waals surface area contributed by atoms with E-state index >= 15 is 0 Å². The Morgan fingerprint density at radius 3 is 2.53 bits per heavy atom. The molecule has 36 heavy (non-hydrogen) atoms. The zero-order valence-electron chi connectivity index (χ0n) is 20.6. The molecule has 1 aromatic heterocycles. The average molecular weight is 524 g/mol. The van der Waals surface area contributed by atoms with Crippen molar-refractivity contribution in [2.75, 3.05) is 11.9 Å². The first-order valence-corrected chi connectivity index (χ1v) is 12.2. The van der Waals surface area contributed by atoms with Gasteiger partial charge >= 0.3 is 12.3 Å². The Labute approximate surface area is 212 Å². The van der Waals surface area contributed by atoms with Crippen LogP contribution in [-0.2, 0) is 4.74 Å². The van der Waals surface area contributed by atoms with Gasteiger partial charge in [-0.3, -0.25) is 0 Å². The molecule has 2 atom stereocenters. The second-order valence-corrected chi connectivity index (χ2v) is 10.5. The number of carbonyl (C=O) groups is 1. The number of esters is 1. The number of ether oxygens (including phenoxy) is 2. The second kappa shape index (κ2) is 9.84. The Hall–Kier alpha value is -2.94. The lowest BCUT2D eigenvalue weighted by Gasteiger charge is -2.40. The highest BCUT2D eigenvalue weighted by molar-refractivity contribution is 6.34. The van der Waals surface area contributed by atoms with E-state index in [9.17, 15) is 18.0 Å². The molecule has 0 radical (unpaired) electrons. The van der Waals surface area contributed by atoms with Crippen LogP contribution in [0.15, 0.2) is 36.4 Å². The van der Waals surface area contributed by atoms with Crippen LogP contribution in [0.5, 0.6) is 5.75 Å². The summed E-state index contributed by atoms with van der Waals surface area (Å²) in [5, 5.41) is 3.51. The van der Waals surface area contributed by atoms with Crippen LogP contribution in [0.1, 0.15) is 63.4 Å². The van der Waals surface area contributed by atoms with Gasteiger partial charge in [0.1, 0.15) is 5.75 Å². The van der Waals surface area contributed by atoms with Crippen LogP contribution < -0.4 is 10.1 Å². The summed E-state index contributed by atoms with van der Waals surface area (Å²) in [7, 11) is 0. The van der Waals surface area contributed by atoms with Crippen molar-refractivity contribution in [3.63, 3.8) is 0 Å². The molecule has 0 aliphatic heterocycles. The predicted molar refractivity (Wildman–Crippen MR) is 133 cm³/mol. The van der Waals surface area contributed by atoms with Crippen LogP contribution in [0.2, 0.25) is 5.02 Å². The maximum atomic E-state index is 12.5. The fourth-order valence-electron chi connectivity index (χ4n) is 5.30. The molecule has 6 nitrogen and oxygen atoms in total. The van der Waals surface area contributed by atoms with E-state index in [1.165, 1.54) is 24.3 Å². The quantitative estimate of drug-likeness (QED) is 0.333. The van der Waals surface area contributed by atoms with Crippen molar-refractivity contribution in [1.82, 2.24) is 9.55 Å². The fourth-order valence-corrected chi connectivity index (χ4v) is 5.54. The van der Waals surface area contributed by atoms with Crippen LogP contribution in [0, 0.1) is 11.3 Å². The van der Waals surface area contributed by atoms with E-state index in [-0.39, 0.29) is 34.4 Å². The minimum atomic E-state index is -4.76. The highest BCUT2D eigenvalue weighted by Gasteiger charge is 2.35. The van der Waals surface area contributed by atoms with E-state index in [0.717, 1.165) is 24.8 Å². The average Bonchev–Trinajstić information content (AvgIpc) is 3.08. The smallest absolute Gasteiger partial charge is 0.462 e. The number of benzene rings is 2. The molecule has 10 heteroatoms. The number of imidazole rings is 1. The predicted octanol–water partition coefficient (Wildman–Crippen LogP) is 7.90. The van der Waals surface area contributed by atoms with E-state index in [2.05, 4.69) is 35.4 Å². The van der Waals surface area contributed by atoms with E-state index in [1.54, 1.807) is 19.1 Å². The fraction of sp³-hybridized carbons (Fsp3) is 0.462. The summed E-state index contributed by atoms with van der Waals surface area (Å²) in [5.74, 6) is 0.162. The van der Waals surface area contributed by atoms with Gasteiger partial charge in [0, 0.05) is 11.7 Å². The van der Waals surface area contributed by atoms with Gasteiger partial charge in [-0.05, 0) is 73.9 Å². The Morgan fingerprint density at radius 2 is 1.92 bits per heavy atom. The molecular formula is C26H29ClF3N3O3. The number of nitrogens with zero attached hydrogens (tertiary/aromatic N) is 2. The summed E-state index contributed by atoms with van der Waals surface area (Å²) in [6.07, 6.45) is -1.82. The summed E-state index contributed by atoms with van der Waals surface area (Å²) in [6, 6.07) is 8.93. The number of hydrogen-bond acceptors (Lipinski definition) is 5. The summed E-state index contributed by atoms with van der Waals surface area (Å²) in [5.41, 5.74) is 2.22. The van der Waals surface area contributed by atoms with Gasteiger partial charge < -0.3 is 19.4 Å². The van der Waals surface area contributed by atoms with Gasteiger partial charge in [0.15, 0.2) is 0 Å². The molecule has 1 N–H and O–H groups in total. The Bertz CT molecular complexity index is 1260. The third-order valence-electron chi connectivity index (χ3n) is 6.35. The van der Waals surface area contributed by atoms with Crippen molar-refractivity contribution < 1.29 is 27.4 Å². The lowest BCUT2D eigenvalue weighted by Crippen LogP contribution is -2.29. The van der Waals surface area contributed by atoms with Crippen molar-refractivity contribution in [3.8, 4) is 5.75 Å². The van der Waals surface area contributed by atoms with Crippen LogP contribution >= 0.6 is 11.6 Å². The molecule has 3 aromatic rings. The number of carbonyl (C=O) groups excluding carboxylic acids is 1. The monoisotopic (exact) mass is 523 g/mol. The first-order chi connectivity index (χ1) is 16.8. The second-order valence-electron chi connectivity index (χ2n) is 10.1. The molecule has 2 unspecified atom stereocenters. The van der Waals surface area contributed by atoms with Gasteiger partial charge in [0.25, 0.3) is 0 Å². The molecule has 2 aromatic carbocycles. The van der Waals surface area contributed by atoms with Crippen molar-refractivity contribution in [1.29, 1.82) is 0 Å². The van der Waals surface area contributed by atoms with Crippen molar-refractivity contribution >= 4 is 40.2 Å². The Morgan fingerprint density at radius 1 is 1.22 bits per heavy atom. The maximum Gasteiger partial charge on any atom is 0.573 e. The lowest BCUT2D eigenvalue weighted by molar-refractivity contribution is -0.274. The van der Waals surface area contributed by atoms with Gasteiger partial charge in [0.2, 0.25) is 5.95 Å². The largest absolute Gasteiger partial charge is 0.573 e. The van der Waals surface area contributed by atoms with E-state index < -0.39 is 12.3 Å². The Balaban J connectivity index is 1.77. The van der Waals surface area contributed by atoms with E-state index in [1.807, 2.05) is 0 Å². The van der Waals surface area contributed by atoms with Crippen LogP contribution in [0.25, 0.3) is 11.0 Å². The van der Waals surface area contributed by atoms with Crippen LogP contribution in [0.3, 0.4) is 0 Å². The van der Waals surface area contributed by atoms with Crippen molar-refractivity contribution in [2.24, 2.45) is 11.3 Å². The molecule has 0 spiro atoms. The van der Waals surface area contributed by atoms with Gasteiger partial charge in [-0.2, -0.15) is 0 Å². The van der Waals surface area contributed by atoms with E-state index in [0.29, 0.717) is 23.1 Å². The first kappa shape index (κ1) is 26.1. The molecule has 194 valence electrons. The van der Waals surface area contributed by atoms with Crippen LogP contribution in [0.4, 0.5) is 24.8 Å². The highest BCUT2D eigenvalue weighted by atomic mass is 35.5. The summed E-state index contributed by atoms with van der Waals surface area (Å²) >= 11 is 6.50. The molecule has 1 saturated carbocycles. The zero-order chi connectivity index (χ0) is 26.3. The number of rotatable bonds is 6. The van der Waals surface area contributed by atoms with Crippen molar-refractivity contribution in [2.45, 2.75) is 59.4 Å². The molecular weight excluding hydrogens is 495 g/mol. The SMILES string of the molecule is CCOC(=O)c1cc2nc(Nc3ccc(OC(F)(F)F)cc3)n(C3CC(C)CC(C)(C)C3)c2cc1Cl. The number of fused-ring (bicyclic) bond motifs is 1. The Kier molecular flexibility index (Phi) is 7.14. The first-order valence-electron chi connectivity index (χ1n) is 11.9. The summed E-state index contributed by atoms with van der Waals surface area (Å²) in [6.45, 7) is 8.65. The maximum absolute atomic E-state index is 12.5. The number of alkyl halides is 3. The molecule has 0 bridgehead atoms. The molecule has 1 aliphatic carbocycles. The molecule has 1 aliphatic rings. The highest BCUT2D eigenvalue weighted by Crippen LogP contribution is 2.46. The third-order valence-corrected chi connectivity index (χ3v) is 6.66. The molecule has 1 heterocycles. The minimum absolute atomic E-state index is 0.105. The van der Waals surface area contributed by atoms with Crippen LogP contribution in [-0.4, -0.2) is 28.5 Å². The number of hydrogen-bond donors (Lipinski definition) is 1. The third kappa shape index (κ3) is 5.88. The van der Waals surface area contributed by atoms with Gasteiger partial charge in [-0.1, -0.05) is 32.4 Å². The van der Waals surface area contributed by atoms with Gasteiger partial charge in [0.05, 0.1) is 28.2 Å².